The number of hydrogen-bond donors (Lipinski definition) is 2. The zero-order chi connectivity index (χ0) is 15.6. The molecule has 0 aliphatic heterocycles. The van der Waals surface area contributed by atoms with Crippen molar-refractivity contribution in [2.75, 3.05) is 5.32 Å². The van der Waals surface area contributed by atoms with Gasteiger partial charge in [-0.05, 0) is 26.0 Å². The Hall–Kier alpha value is -1.93. The molecule has 0 bridgehead atoms. The molecule has 0 saturated carbocycles. The minimum Gasteiger partial charge on any atom is -0.507 e. The molecule has 8 heteroatoms. The first-order chi connectivity index (χ1) is 9.82. The molecular weight excluding hydrogens is 312 g/mol. The fraction of sp³-hybridized carbons (Fsp3) is 0.231. The molecular formula is C13H14N2O4S2. The van der Waals surface area contributed by atoms with Crippen LogP contribution in [0.15, 0.2) is 34.7 Å². The maximum atomic E-state index is 12.0. The van der Waals surface area contributed by atoms with Crippen LogP contribution in [0.1, 0.15) is 24.2 Å². The molecule has 1 aromatic heterocycles. The lowest BCUT2D eigenvalue weighted by Crippen LogP contribution is -2.15. The molecule has 0 atom stereocenters. The van der Waals surface area contributed by atoms with Crippen LogP contribution in [-0.4, -0.2) is 29.7 Å². The fourth-order valence-corrected chi connectivity index (χ4v) is 3.53. The van der Waals surface area contributed by atoms with Crippen LogP contribution in [0.5, 0.6) is 5.75 Å². The van der Waals surface area contributed by atoms with Crippen LogP contribution in [0.4, 0.5) is 5.13 Å². The van der Waals surface area contributed by atoms with Crippen LogP contribution >= 0.6 is 11.3 Å². The number of hydrogen-bond acceptors (Lipinski definition) is 6. The highest BCUT2D eigenvalue weighted by Crippen LogP contribution is 2.24. The minimum absolute atomic E-state index is 0.0601. The Morgan fingerprint density at radius 3 is 2.62 bits per heavy atom. The summed E-state index contributed by atoms with van der Waals surface area (Å²) in [5, 5.41) is 13.0. The van der Waals surface area contributed by atoms with E-state index in [2.05, 4.69) is 10.3 Å². The lowest BCUT2D eigenvalue weighted by Gasteiger charge is -2.04. The van der Waals surface area contributed by atoms with E-state index in [-0.39, 0.29) is 21.5 Å². The minimum atomic E-state index is -3.47. The molecule has 1 amide bonds. The Bertz CT molecular complexity index is 766. The lowest BCUT2D eigenvalue weighted by atomic mass is 10.2. The first kappa shape index (κ1) is 15.5. The van der Waals surface area contributed by atoms with Gasteiger partial charge in [-0.3, -0.25) is 10.1 Å². The van der Waals surface area contributed by atoms with E-state index in [0.717, 1.165) is 11.3 Å². The molecule has 0 radical (unpaired) electrons. The maximum Gasteiger partial charge on any atom is 0.261 e. The zero-order valence-corrected chi connectivity index (χ0v) is 13.0. The predicted octanol–water partition coefficient (Wildman–Crippen LogP) is 2.28. The number of amides is 1. The van der Waals surface area contributed by atoms with Gasteiger partial charge in [-0.15, -0.1) is 11.3 Å². The standard InChI is InChI=1S/C13H14N2O4S2/c1-8(2)21(18,19)11-7-20-13(14-11)15-12(17)9-5-3-4-6-10(9)16/h3-8,16H,1-2H3,(H,14,15,17). The molecule has 1 aromatic carbocycles. The molecule has 0 aliphatic carbocycles. The van der Waals surface area contributed by atoms with Gasteiger partial charge in [0.05, 0.1) is 10.8 Å². The van der Waals surface area contributed by atoms with E-state index in [1.807, 2.05) is 0 Å². The molecule has 2 N–H and O–H groups in total. The number of nitrogens with one attached hydrogen (secondary N) is 1. The van der Waals surface area contributed by atoms with Crippen molar-refractivity contribution in [3.05, 3.63) is 35.2 Å². The van der Waals surface area contributed by atoms with E-state index < -0.39 is 21.0 Å². The molecule has 6 nitrogen and oxygen atoms in total. The van der Waals surface area contributed by atoms with Crippen molar-refractivity contribution >= 4 is 32.2 Å². The van der Waals surface area contributed by atoms with Crippen LogP contribution in [0.25, 0.3) is 0 Å². The Labute approximate surface area is 126 Å². The molecule has 2 rings (SSSR count). The third-order valence-electron chi connectivity index (χ3n) is 2.76. The van der Waals surface area contributed by atoms with Gasteiger partial charge in [0.25, 0.3) is 5.91 Å². The Morgan fingerprint density at radius 1 is 1.33 bits per heavy atom. The highest BCUT2D eigenvalue weighted by Gasteiger charge is 2.23. The summed E-state index contributed by atoms with van der Waals surface area (Å²) in [7, 11) is -3.47. The summed E-state index contributed by atoms with van der Waals surface area (Å²) < 4.78 is 23.9. The number of nitrogens with zero attached hydrogens (tertiary/aromatic N) is 1. The van der Waals surface area contributed by atoms with Crippen molar-refractivity contribution in [1.82, 2.24) is 4.98 Å². The van der Waals surface area contributed by atoms with Crippen LogP contribution < -0.4 is 5.32 Å². The van der Waals surface area contributed by atoms with Crippen molar-refractivity contribution in [2.24, 2.45) is 0 Å². The second-order valence-corrected chi connectivity index (χ2v) is 7.87. The van der Waals surface area contributed by atoms with Gasteiger partial charge in [0.1, 0.15) is 5.75 Å². The molecule has 0 saturated heterocycles. The molecule has 0 aliphatic rings. The SMILES string of the molecule is CC(C)S(=O)(=O)c1csc(NC(=O)c2ccccc2O)n1. The summed E-state index contributed by atoms with van der Waals surface area (Å²) in [5.74, 6) is -0.697. The smallest absolute Gasteiger partial charge is 0.261 e. The quantitative estimate of drug-likeness (QED) is 0.898. The normalized spacial score (nSPS) is 11.6. The molecule has 21 heavy (non-hydrogen) atoms. The summed E-state index contributed by atoms with van der Waals surface area (Å²) >= 11 is 1.02. The van der Waals surface area contributed by atoms with E-state index in [1.54, 1.807) is 26.0 Å². The molecule has 0 spiro atoms. The van der Waals surface area contributed by atoms with Gasteiger partial charge < -0.3 is 5.11 Å². The van der Waals surface area contributed by atoms with Gasteiger partial charge in [-0.25, -0.2) is 13.4 Å². The molecule has 0 fully saturated rings. The van der Waals surface area contributed by atoms with Gasteiger partial charge in [-0.2, -0.15) is 0 Å². The summed E-state index contributed by atoms with van der Waals surface area (Å²) in [4.78, 5) is 15.9. The first-order valence-corrected chi connectivity index (χ1v) is 8.53. The average Bonchev–Trinajstić information content (AvgIpc) is 2.88. The van der Waals surface area contributed by atoms with Gasteiger partial charge in [0, 0.05) is 5.38 Å². The average molecular weight is 326 g/mol. The van der Waals surface area contributed by atoms with Crippen molar-refractivity contribution in [3.8, 4) is 5.75 Å². The van der Waals surface area contributed by atoms with Crippen molar-refractivity contribution in [1.29, 1.82) is 0 Å². The predicted molar refractivity (Wildman–Crippen MR) is 80.5 cm³/mol. The third kappa shape index (κ3) is 3.22. The van der Waals surface area contributed by atoms with E-state index in [0.29, 0.717) is 0 Å². The number of carbonyl (C=O) groups is 1. The van der Waals surface area contributed by atoms with E-state index >= 15 is 0 Å². The number of aromatic hydroxyl groups is 1. The fourth-order valence-electron chi connectivity index (χ4n) is 1.52. The second-order valence-electron chi connectivity index (χ2n) is 4.56. The van der Waals surface area contributed by atoms with E-state index in [1.165, 1.54) is 17.5 Å². The van der Waals surface area contributed by atoms with E-state index in [4.69, 9.17) is 0 Å². The van der Waals surface area contributed by atoms with Crippen molar-refractivity contribution in [2.45, 2.75) is 24.1 Å². The Morgan fingerprint density at radius 2 is 2.00 bits per heavy atom. The Balaban J connectivity index is 2.21. The van der Waals surface area contributed by atoms with Crippen molar-refractivity contribution < 1.29 is 18.3 Å². The number of benzene rings is 1. The maximum absolute atomic E-state index is 12.0. The summed E-state index contributed by atoms with van der Waals surface area (Å²) in [6.45, 7) is 3.13. The van der Waals surface area contributed by atoms with Crippen LogP contribution in [0, 0.1) is 0 Å². The number of phenols is 1. The van der Waals surface area contributed by atoms with Crippen LogP contribution in [0.3, 0.4) is 0 Å². The number of phenolic OH excluding ortho intramolecular Hbond substituents is 1. The van der Waals surface area contributed by atoms with Gasteiger partial charge >= 0.3 is 0 Å². The number of carbonyl (C=O) groups excluding carboxylic acids is 1. The lowest BCUT2D eigenvalue weighted by molar-refractivity contribution is 0.102. The molecule has 112 valence electrons. The number of rotatable bonds is 4. The number of anilines is 1. The summed E-state index contributed by atoms with van der Waals surface area (Å²) in [5.41, 5.74) is 0.0981. The number of aromatic nitrogens is 1. The van der Waals surface area contributed by atoms with Crippen LogP contribution in [0.2, 0.25) is 0 Å². The van der Waals surface area contributed by atoms with Gasteiger partial charge in [0.2, 0.25) is 0 Å². The highest BCUT2D eigenvalue weighted by atomic mass is 32.2. The summed E-state index contributed by atoms with van der Waals surface area (Å²) in [6.07, 6.45) is 0. The summed E-state index contributed by atoms with van der Waals surface area (Å²) in [6, 6.07) is 6.07. The topological polar surface area (TPSA) is 96.4 Å². The number of sulfone groups is 1. The first-order valence-electron chi connectivity index (χ1n) is 6.11. The highest BCUT2D eigenvalue weighted by molar-refractivity contribution is 7.92. The Kier molecular flexibility index (Phi) is 4.29. The zero-order valence-electron chi connectivity index (χ0n) is 11.4. The third-order valence-corrected chi connectivity index (χ3v) is 5.70. The molecule has 1 heterocycles. The second kappa shape index (κ2) is 5.82. The van der Waals surface area contributed by atoms with Crippen LogP contribution in [-0.2, 0) is 9.84 Å². The largest absolute Gasteiger partial charge is 0.507 e. The van der Waals surface area contributed by atoms with Gasteiger partial charge in [0.15, 0.2) is 20.0 Å². The van der Waals surface area contributed by atoms with Gasteiger partial charge in [-0.1, -0.05) is 12.1 Å². The molecule has 0 unspecified atom stereocenters. The number of thiazole rings is 1. The van der Waals surface area contributed by atoms with E-state index in [9.17, 15) is 18.3 Å². The van der Waals surface area contributed by atoms with Crippen molar-refractivity contribution in [3.63, 3.8) is 0 Å². The monoisotopic (exact) mass is 326 g/mol. The number of para-hydroxylation sites is 1. The molecule has 2 aromatic rings.